The third kappa shape index (κ3) is 3.48. The molecule has 3 rings (SSSR count). The molecule has 0 aliphatic heterocycles. The molecule has 0 radical (unpaired) electrons. The number of ether oxygens (including phenoxy) is 1. The second-order valence-corrected chi connectivity index (χ2v) is 5.56. The van der Waals surface area contributed by atoms with Crippen molar-refractivity contribution in [2.75, 3.05) is 7.11 Å². The molecule has 2 aromatic heterocycles. The van der Waals surface area contributed by atoms with Gasteiger partial charge in [-0.1, -0.05) is 17.3 Å². The maximum atomic E-state index is 5.76. The summed E-state index contributed by atoms with van der Waals surface area (Å²) in [4.78, 5) is 8.44. The molecule has 22 heavy (non-hydrogen) atoms. The van der Waals surface area contributed by atoms with Crippen LogP contribution in [0.5, 0.6) is 5.75 Å². The van der Waals surface area contributed by atoms with Gasteiger partial charge in [0.1, 0.15) is 5.75 Å². The SMILES string of the molecule is COc1cccc(-c2cnc(CSCc3noc(C)n3)o2)c1. The number of methoxy groups -OCH3 is 1. The van der Waals surface area contributed by atoms with Crippen LogP contribution in [0.25, 0.3) is 11.3 Å². The number of thioether (sulfide) groups is 1. The van der Waals surface area contributed by atoms with Gasteiger partial charge in [-0.05, 0) is 12.1 Å². The molecule has 6 nitrogen and oxygen atoms in total. The minimum atomic E-state index is 0.576. The van der Waals surface area contributed by atoms with Gasteiger partial charge in [-0.2, -0.15) is 4.98 Å². The monoisotopic (exact) mass is 317 g/mol. The molecule has 0 spiro atoms. The van der Waals surface area contributed by atoms with Crippen LogP contribution in [0.15, 0.2) is 39.4 Å². The summed E-state index contributed by atoms with van der Waals surface area (Å²) in [5.74, 6) is 4.76. The van der Waals surface area contributed by atoms with Crippen molar-refractivity contribution in [2.24, 2.45) is 0 Å². The van der Waals surface area contributed by atoms with Crippen molar-refractivity contribution in [3.05, 3.63) is 48.1 Å². The van der Waals surface area contributed by atoms with Crippen molar-refractivity contribution in [2.45, 2.75) is 18.4 Å². The third-order valence-electron chi connectivity index (χ3n) is 2.93. The minimum Gasteiger partial charge on any atom is -0.497 e. The fraction of sp³-hybridized carbons (Fsp3) is 0.267. The molecule has 2 heterocycles. The Balaban J connectivity index is 1.61. The van der Waals surface area contributed by atoms with Gasteiger partial charge in [0.15, 0.2) is 11.6 Å². The van der Waals surface area contributed by atoms with Crippen LogP contribution in [-0.2, 0) is 11.5 Å². The van der Waals surface area contributed by atoms with Crippen molar-refractivity contribution in [3.63, 3.8) is 0 Å². The first-order valence-corrected chi connectivity index (χ1v) is 7.86. The fourth-order valence-electron chi connectivity index (χ4n) is 1.92. The molecule has 0 fully saturated rings. The van der Waals surface area contributed by atoms with E-state index in [1.165, 1.54) is 0 Å². The molecule has 0 atom stereocenters. The van der Waals surface area contributed by atoms with Gasteiger partial charge in [0.2, 0.25) is 11.8 Å². The second kappa shape index (κ2) is 6.65. The number of hydrogen-bond donors (Lipinski definition) is 0. The molecule has 114 valence electrons. The summed E-state index contributed by atoms with van der Waals surface area (Å²) < 4.78 is 15.9. The summed E-state index contributed by atoms with van der Waals surface area (Å²) in [5.41, 5.74) is 0.942. The average Bonchev–Trinajstić information content (AvgIpc) is 3.17. The first kappa shape index (κ1) is 14.6. The maximum absolute atomic E-state index is 5.76. The van der Waals surface area contributed by atoms with Gasteiger partial charge in [-0.3, -0.25) is 0 Å². The smallest absolute Gasteiger partial charge is 0.223 e. The molecular formula is C15H15N3O3S. The van der Waals surface area contributed by atoms with E-state index in [-0.39, 0.29) is 0 Å². The molecular weight excluding hydrogens is 302 g/mol. The lowest BCUT2D eigenvalue weighted by molar-refractivity contribution is 0.389. The Morgan fingerprint density at radius 2 is 2.18 bits per heavy atom. The summed E-state index contributed by atoms with van der Waals surface area (Å²) in [6.45, 7) is 1.77. The maximum Gasteiger partial charge on any atom is 0.223 e. The Hall–Kier alpha value is -2.28. The second-order valence-electron chi connectivity index (χ2n) is 4.57. The van der Waals surface area contributed by atoms with E-state index in [0.717, 1.165) is 17.1 Å². The van der Waals surface area contributed by atoms with Crippen LogP contribution in [-0.4, -0.2) is 22.2 Å². The van der Waals surface area contributed by atoms with E-state index in [1.807, 2.05) is 24.3 Å². The zero-order valence-electron chi connectivity index (χ0n) is 12.3. The molecule has 7 heteroatoms. The molecule has 0 amide bonds. The van der Waals surface area contributed by atoms with E-state index in [4.69, 9.17) is 13.7 Å². The van der Waals surface area contributed by atoms with E-state index in [9.17, 15) is 0 Å². The van der Waals surface area contributed by atoms with E-state index >= 15 is 0 Å². The van der Waals surface area contributed by atoms with Crippen molar-refractivity contribution < 1.29 is 13.7 Å². The van der Waals surface area contributed by atoms with Crippen LogP contribution in [0.4, 0.5) is 0 Å². The van der Waals surface area contributed by atoms with Crippen LogP contribution in [0, 0.1) is 6.92 Å². The quantitative estimate of drug-likeness (QED) is 0.689. The number of benzene rings is 1. The van der Waals surface area contributed by atoms with E-state index in [0.29, 0.717) is 29.1 Å². The summed E-state index contributed by atoms with van der Waals surface area (Å²) in [6, 6.07) is 7.69. The van der Waals surface area contributed by atoms with Crippen LogP contribution in [0.1, 0.15) is 17.6 Å². The van der Waals surface area contributed by atoms with Crippen molar-refractivity contribution >= 4 is 11.8 Å². The lowest BCUT2D eigenvalue weighted by Gasteiger charge is -2.01. The van der Waals surface area contributed by atoms with Gasteiger partial charge in [0.05, 0.1) is 24.8 Å². The molecule has 3 aromatic rings. The number of aromatic nitrogens is 3. The van der Waals surface area contributed by atoms with E-state index in [1.54, 1.807) is 32.0 Å². The highest BCUT2D eigenvalue weighted by molar-refractivity contribution is 7.97. The van der Waals surface area contributed by atoms with Gasteiger partial charge in [-0.25, -0.2) is 4.98 Å². The zero-order chi connectivity index (χ0) is 15.4. The number of aryl methyl sites for hydroxylation is 1. The number of hydrogen-bond acceptors (Lipinski definition) is 7. The highest BCUT2D eigenvalue weighted by atomic mass is 32.2. The van der Waals surface area contributed by atoms with E-state index in [2.05, 4.69) is 15.1 Å². The first-order chi connectivity index (χ1) is 10.7. The van der Waals surface area contributed by atoms with E-state index < -0.39 is 0 Å². The Morgan fingerprint density at radius 3 is 2.95 bits per heavy atom. The van der Waals surface area contributed by atoms with Gasteiger partial charge in [-0.15, -0.1) is 11.8 Å². The Bertz CT molecular complexity index is 754. The molecule has 0 saturated heterocycles. The van der Waals surface area contributed by atoms with Crippen LogP contribution < -0.4 is 4.74 Å². The lowest BCUT2D eigenvalue weighted by Crippen LogP contribution is -1.86. The topological polar surface area (TPSA) is 74.2 Å². The molecule has 0 aliphatic carbocycles. The summed E-state index contributed by atoms with van der Waals surface area (Å²) >= 11 is 1.62. The number of rotatable bonds is 6. The van der Waals surface area contributed by atoms with Crippen LogP contribution >= 0.6 is 11.8 Å². The van der Waals surface area contributed by atoms with Gasteiger partial charge < -0.3 is 13.7 Å². The number of oxazole rings is 1. The standard InChI is InChI=1S/C15H15N3O3S/c1-10-17-14(18-21-10)8-22-9-15-16-7-13(20-15)11-4-3-5-12(6-11)19-2/h3-7H,8-9H2,1-2H3. The van der Waals surface area contributed by atoms with Crippen molar-refractivity contribution in [1.82, 2.24) is 15.1 Å². The number of nitrogens with zero attached hydrogens (tertiary/aromatic N) is 3. The Kier molecular flexibility index (Phi) is 4.43. The van der Waals surface area contributed by atoms with Crippen LogP contribution in [0.3, 0.4) is 0 Å². The Labute approximate surface area is 131 Å². The first-order valence-electron chi connectivity index (χ1n) is 6.70. The molecule has 0 bridgehead atoms. The normalized spacial score (nSPS) is 10.8. The highest BCUT2D eigenvalue weighted by Gasteiger charge is 2.09. The van der Waals surface area contributed by atoms with Crippen molar-refractivity contribution in [3.8, 4) is 17.1 Å². The summed E-state index contributed by atoms with van der Waals surface area (Å²) in [5, 5.41) is 3.85. The van der Waals surface area contributed by atoms with Gasteiger partial charge in [0, 0.05) is 12.5 Å². The Morgan fingerprint density at radius 1 is 1.27 bits per heavy atom. The average molecular weight is 317 g/mol. The lowest BCUT2D eigenvalue weighted by atomic mass is 10.2. The largest absolute Gasteiger partial charge is 0.497 e. The minimum absolute atomic E-state index is 0.576. The van der Waals surface area contributed by atoms with Gasteiger partial charge in [0.25, 0.3) is 0 Å². The van der Waals surface area contributed by atoms with Crippen molar-refractivity contribution in [1.29, 1.82) is 0 Å². The predicted octanol–water partition coefficient (Wildman–Crippen LogP) is 3.48. The predicted molar refractivity (Wildman–Crippen MR) is 82.5 cm³/mol. The zero-order valence-corrected chi connectivity index (χ0v) is 13.1. The summed E-state index contributed by atoms with van der Waals surface area (Å²) in [7, 11) is 1.64. The highest BCUT2D eigenvalue weighted by Crippen LogP contribution is 2.26. The fourth-order valence-corrected chi connectivity index (χ4v) is 2.63. The molecule has 0 aliphatic rings. The molecule has 0 N–H and O–H groups in total. The third-order valence-corrected chi connectivity index (χ3v) is 3.85. The molecule has 0 saturated carbocycles. The van der Waals surface area contributed by atoms with Gasteiger partial charge >= 0.3 is 0 Å². The molecule has 0 unspecified atom stereocenters. The molecule has 1 aromatic carbocycles. The van der Waals surface area contributed by atoms with Crippen LogP contribution in [0.2, 0.25) is 0 Å². The summed E-state index contributed by atoms with van der Waals surface area (Å²) in [6.07, 6.45) is 1.73.